The number of benzene rings is 3. The molecule has 0 spiro atoms. The fraction of sp³-hybridized carbons (Fsp3) is 0.0417. The standard InChI is InChI=1S/C24H20N4O3/c29-23(16-31-22-14-8-7-13-20(22)18-9-3-1-4-10-18)26-27-24(30)21-15-25-17-28(21)19-11-5-2-6-12-19/h1-15,17H,16H2,(H,26,29)(H,27,30). The largest absolute Gasteiger partial charge is 0.483 e. The van der Waals surface area contributed by atoms with Crippen LogP contribution in [0.25, 0.3) is 16.8 Å². The number of amides is 2. The maximum atomic E-state index is 12.5. The molecule has 0 aliphatic carbocycles. The lowest BCUT2D eigenvalue weighted by Gasteiger charge is -2.12. The highest BCUT2D eigenvalue weighted by molar-refractivity contribution is 5.94. The highest BCUT2D eigenvalue weighted by atomic mass is 16.5. The summed E-state index contributed by atoms with van der Waals surface area (Å²) < 4.78 is 7.32. The van der Waals surface area contributed by atoms with Gasteiger partial charge in [0.25, 0.3) is 11.8 Å². The van der Waals surface area contributed by atoms with Gasteiger partial charge < -0.3 is 4.74 Å². The van der Waals surface area contributed by atoms with Crippen LogP contribution < -0.4 is 15.6 Å². The maximum absolute atomic E-state index is 12.5. The Hall–Kier alpha value is -4.39. The van der Waals surface area contributed by atoms with Crippen LogP contribution >= 0.6 is 0 Å². The summed E-state index contributed by atoms with van der Waals surface area (Å²) in [6.07, 6.45) is 2.97. The molecule has 4 rings (SSSR count). The molecule has 0 aliphatic heterocycles. The smallest absolute Gasteiger partial charge is 0.288 e. The third-order valence-corrected chi connectivity index (χ3v) is 4.55. The zero-order chi connectivity index (χ0) is 21.5. The molecule has 1 heterocycles. The third kappa shape index (κ3) is 4.79. The van der Waals surface area contributed by atoms with Gasteiger partial charge in [-0.3, -0.25) is 25.0 Å². The van der Waals surface area contributed by atoms with Gasteiger partial charge in [-0.05, 0) is 23.8 Å². The summed E-state index contributed by atoms with van der Waals surface area (Å²) in [6, 6.07) is 26.6. The molecule has 2 N–H and O–H groups in total. The first kappa shape index (κ1) is 19.9. The molecule has 0 saturated heterocycles. The average Bonchev–Trinajstić information content (AvgIpc) is 3.33. The SMILES string of the molecule is O=C(COc1ccccc1-c1ccccc1)NNC(=O)c1cncn1-c1ccccc1. The van der Waals surface area contributed by atoms with Crippen molar-refractivity contribution in [1.82, 2.24) is 20.4 Å². The molecule has 0 atom stereocenters. The molecule has 2 amide bonds. The Labute approximate surface area is 179 Å². The Morgan fingerprint density at radius 2 is 1.52 bits per heavy atom. The first-order valence-corrected chi connectivity index (χ1v) is 9.66. The Morgan fingerprint density at radius 3 is 2.29 bits per heavy atom. The lowest BCUT2D eigenvalue weighted by atomic mass is 10.1. The van der Waals surface area contributed by atoms with Crippen molar-refractivity contribution in [2.45, 2.75) is 0 Å². The van der Waals surface area contributed by atoms with Crippen molar-refractivity contribution in [3.8, 4) is 22.6 Å². The number of imidazole rings is 1. The van der Waals surface area contributed by atoms with Gasteiger partial charge in [0.05, 0.1) is 12.5 Å². The van der Waals surface area contributed by atoms with E-state index in [1.54, 1.807) is 10.6 Å². The van der Waals surface area contributed by atoms with Gasteiger partial charge in [-0.1, -0.05) is 66.7 Å². The Kier molecular flexibility index (Phi) is 6.04. The number of hydrazine groups is 1. The minimum Gasteiger partial charge on any atom is -0.483 e. The molecular formula is C24H20N4O3. The first-order valence-electron chi connectivity index (χ1n) is 9.66. The van der Waals surface area contributed by atoms with E-state index in [0.717, 1.165) is 16.8 Å². The number of carbonyl (C=O) groups excluding carboxylic acids is 2. The summed E-state index contributed by atoms with van der Waals surface area (Å²) in [7, 11) is 0. The fourth-order valence-corrected chi connectivity index (χ4v) is 3.08. The van der Waals surface area contributed by atoms with Gasteiger partial charge in [0.15, 0.2) is 6.61 Å². The first-order chi connectivity index (χ1) is 15.2. The molecule has 0 radical (unpaired) electrons. The number of nitrogens with one attached hydrogen (secondary N) is 2. The van der Waals surface area contributed by atoms with E-state index in [9.17, 15) is 9.59 Å². The number of rotatable bonds is 6. The van der Waals surface area contributed by atoms with E-state index in [4.69, 9.17) is 4.74 Å². The van der Waals surface area contributed by atoms with Crippen molar-refractivity contribution in [2.24, 2.45) is 0 Å². The Bertz CT molecular complexity index is 1170. The Morgan fingerprint density at radius 1 is 0.839 bits per heavy atom. The van der Waals surface area contributed by atoms with Crippen LogP contribution in [0.15, 0.2) is 97.5 Å². The minimum absolute atomic E-state index is 0.248. The summed E-state index contributed by atoms with van der Waals surface area (Å²) in [5, 5.41) is 0. The van der Waals surface area contributed by atoms with Gasteiger partial charge in [0, 0.05) is 11.3 Å². The molecule has 4 aromatic rings. The lowest BCUT2D eigenvalue weighted by Crippen LogP contribution is -2.44. The van der Waals surface area contributed by atoms with Gasteiger partial charge in [-0.25, -0.2) is 4.98 Å². The summed E-state index contributed by atoms with van der Waals surface area (Å²) in [4.78, 5) is 28.7. The predicted octanol–water partition coefficient (Wildman–Crippen LogP) is 3.38. The number of nitrogens with zero attached hydrogens (tertiary/aromatic N) is 2. The lowest BCUT2D eigenvalue weighted by molar-refractivity contribution is -0.123. The number of hydrogen-bond acceptors (Lipinski definition) is 4. The monoisotopic (exact) mass is 412 g/mol. The van der Waals surface area contributed by atoms with Crippen LogP contribution in [0, 0.1) is 0 Å². The molecule has 0 saturated carbocycles. The molecular weight excluding hydrogens is 392 g/mol. The van der Waals surface area contributed by atoms with E-state index < -0.39 is 11.8 Å². The molecule has 0 aliphatic rings. The summed E-state index contributed by atoms with van der Waals surface area (Å²) in [6.45, 7) is -0.248. The minimum atomic E-state index is -0.487. The third-order valence-electron chi connectivity index (χ3n) is 4.55. The Balaban J connectivity index is 1.35. The highest BCUT2D eigenvalue weighted by Crippen LogP contribution is 2.29. The number of aromatic nitrogens is 2. The highest BCUT2D eigenvalue weighted by Gasteiger charge is 2.14. The molecule has 3 aromatic carbocycles. The molecule has 0 fully saturated rings. The molecule has 1 aromatic heterocycles. The van der Waals surface area contributed by atoms with Crippen molar-refractivity contribution in [2.75, 3.05) is 6.61 Å². The average molecular weight is 412 g/mol. The van der Waals surface area contributed by atoms with E-state index in [-0.39, 0.29) is 6.61 Å². The number of hydrogen-bond donors (Lipinski definition) is 2. The van der Waals surface area contributed by atoms with Crippen LogP contribution in [0.1, 0.15) is 10.5 Å². The number of ether oxygens (including phenoxy) is 1. The van der Waals surface area contributed by atoms with Crippen molar-refractivity contribution < 1.29 is 14.3 Å². The van der Waals surface area contributed by atoms with Crippen LogP contribution in [0.5, 0.6) is 5.75 Å². The fourth-order valence-electron chi connectivity index (χ4n) is 3.08. The van der Waals surface area contributed by atoms with Crippen molar-refractivity contribution in [3.63, 3.8) is 0 Å². The van der Waals surface area contributed by atoms with Gasteiger partial charge in [-0.2, -0.15) is 0 Å². The van der Waals surface area contributed by atoms with Crippen molar-refractivity contribution in [3.05, 3.63) is 103 Å². The van der Waals surface area contributed by atoms with E-state index >= 15 is 0 Å². The van der Waals surface area contributed by atoms with Crippen LogP contribution in [-0.4, -0.2) is 28.0 Å². The maximum Gasteiger partial charge on any atom is 0.288 e. The van der Waals surface area contributed by atoms with Crippen molar-refractivity contribution >= 4 is 11.8 Å². The zero-order valence-electron chi connectivity index (χ0n) is 16.6. The predicted molar refractivity (Wildman–Crippen MR) is 117 cm³/mol. The second-order valence-electron chi connectivity index (χ2n) is 6.64. The van der Waals surface area contributed by atoms with Crippen LogP contribution in [0.3, 0.4) is 0 Å². The summed E-state index contributed by atoms with van der Waals surface area (Å²) in [5.41, 5.74) is 7.72. The van der Waals surface area contributed by atoms with Crippen LogP contribution in [0.2, 0.25) is 0 Å². The second kappa shape index (κ2) is 9.41. The van der Waals surface area contributed by atoms with E-state index in [1.807, 2.05) is 78.9 Å². The van der Waals surface area contributed by atoms with Gasteiger partial charge in [0.2, 0.25) is 0 Å². The molecule has 154 valence electrons. The molecule has 7 heteroatoms. The van der Waals surface area contributed by atoms with Gasteiger partial charge in [0.1, 0.15) is 11.4 Å². The van der Waals surface area contributed by atoms with Crippen molar-refractivity contribution in [1.29, 1.82) is 0 Å². The zero-order valence-corrected chi connectivity index (χ0v) is 16.6. The topological polar surface area (TPSA) is 85.2 Å². The van der Waals surface area contributed by atoms with Crippen LogP contribution in [0.4, 0.5) is 0 Å². The van der Waals surface area contributed by atoms with E-state index in [0.29, 0.717) is 11.4 Å². The molecule has 0 bridgehead atoms. The van der Waals surface area contributed by atoms with E-state index in [2.05, 4.69) is 15.8 Å². The summed E-state index contributed by atoms with van der Waals surface area (Å²) in [5.74, 6) is -0.390. The van der Waals surface area contributed by atoms with Gasteiger partial charge >= 0.3 is 0 Å². The number of para-hydroxylation sites is 2. The molecule has 31 heavy (non-hydrogen) atoms. The van der Waals surface area contributed by atoms with Crippen LogP contribution in [-0.2, 0) is 4.79 Å². The second-order valence-corrected chi connectivity index (χ2v) is 6.64. The molecule has 7 nitrogen and oxygen atoms in total. The summed E-state index contributed by atoms with van der Waals surface area (Å²) >= 11 is 0. The van der Waals surface area contributed by atoms with Gasteiger partial charge in [-0.15, -0.1) is 0 Å². The quantitative estimate of drug-likeness (QED) is 0.476. The normalized spacial score (nSPS) is 10.3. The van der Waals surface area contributed by atoms with E-state index in [1.165, 1.54) is 12.5 Å². The number of carbonyl (C=O) groups is 2. The molecule has 0 unspecified atom stereocenters.